The van der Waals surface area contributed by atoms with E-state index in [2.05, 4.69) is 24.1 Å². The Morgan fingerprint density at radius 1 is 1.19 bits per heavy atom. The molecular weight excluding hydrogens is 264 g/mol. The Hall–Kier alpha value is -0.160. The molecule has 1 aliphatic heterocycles. The highest BCUT2D eigenvalue weighted by Crippen LogP contribution is 2.33. The van der Waals surface area contributed by atoms with Gasteiger partial charge in [-0.25, -0.2) is 0 Å². The van der Waals surface area contributed by atoms with Crippen molar-refractivity contribution in [2.24, 2.45) is 5.92 Å². The lowest BCUT2D eigenvalue weighted by Gasteiger charge is -2.51. The van der Waals surface area contributed by atoms with E-state index in [0.717, 1.165) is 13.1 Å². The summed E-state index contributed by atoms with van der Waals surface area (Å²) in [5.74, 6) is 0.665. The van der Waals surface area contributed by atoms with Gasteiger partial charge in [-0.05, 0) is 18.8 Å². The second kappa shape index (κ2) is 7.91. The molecule has 0 aromatic heterocycles. The van der Waals surface area contributed by atoms with Crippen molar-refractivity contribution in [2.45, 2.75) is 63.6 Å². The fourth-order valence-corrected chi connectivity index (χ4v) is 4.08. The lowest BCUT2D eigenvalue weighted by molar-refractivity contribution is -0.0328. The fraction of sp³-hybridized carbons (Fsp3) is 1.00. The summed E-state index contributed by atoms with van der Waals surface area (Å²) in [5.41, 5.74) is 0.356. The van der Waals surface area contributed by atoms with Crippen molar-refractivity contribution >= 4 is 0 Å². The van der Waals surface area contributed by atoms with E-state index in [-0.39, 0.29) is 6.10 Å². The quantitative estimate of drug-likeness (QED) is 0.816. The molecule has 0 aromatic carbocycles. The third-order valence-electron chi connectivity index (χ3n) is 5.37. The van der Waals surface area contributed by atoms with Gasteiger partial charge in [0.25, 0.3) is 0 Å². The average Bonchev–Trinajstić information content (AvgIpc) is 2.47. The summed E-state index contributed by atoms with van der Waals surface area (Å²) >= 11 is 0. The van der Waals surface area contributed by atoms with E-state index in [1.54, 1.807) is 14.2 Å². The van der Waals surface area contributed by atoms with Crippen LogP contribution in [0.1, 0.15) is 46.0 Å². The molecule has 0 bridgehead atoms. The summed E-state index contributed by atoms with van der Waals surface area (Å²) in [7, 11) is 3.55. The van der Waals surface area contributed by atoms with Crippen LogP contribution < -0.4 is 5.32 Å². The van der Waals surface area contributed by atoms with Crippen molar-refractivity contribution < 1.29 is 9.47 Å². The molecule has 0 amide bonds. The Morgan fingerprint density at radius 3 is 2.48 bits per heavy atom. The minimum absolute atomic E-state index is 0.176. The van der Waals surface area contributed by atoms with Gasteiger partial charge in [0.2, 0.25) is 0 Å². The second-order valence-electron chi connectivity index (χ2n) is 7.28. The molecule has 4 heteroatoms. The summed E-state index contributed by atoms with van der Waals surface area (Å²) in [5, 5.41) is 3.91. The Bertz CT molecular complexity index is 303. The van der Waals surface area contributed by atoms with Gasteiger partial charge in [-0.3, -0.25) is 4.90 Å². The van der Waals surface area contributed by atoms with Crippen LogP contribution in [-0.4, -0.2) is 63.0 Å². The summed E-state index contributed by atoms with van der Waals surface area (Å²) < 4.78 is 10.9. The van der Waals surface area contributed by atoms with Gasteiger partial charge in [0.05, 0.1) is 12.7 Å². The van der Waals surface area contributed by atoms with Gasteiger partial charge in [-0.2, -0.15) is 0 Å². The predicted molar refractivity (Wildman–Crippen MR) is 86.7 cm³/mol. The smallest absolute Gasteiger partial charge is 0.0931 e. The van der Waals surface area contributed by atoms with Crippen LogP contribution in [0.25, 0.3) is 0 Å². The Morgan fingerprint density at radius 2 is 1.90 bits per heavy atom. The van der Waals surface area contributed by atoms with Crippen LogP contribution in [0.3, 0.4) is 0 Å². The van der Waals surface area contributed by atoms with Gasteiger partial charge >= 0.3 is 0 Å². The molecule has 1 N–H and O–H groups in total. The largest absolute Gasteiger partial charge is 0.382 e. The van der Waals surface area contributed by atoms with Crippen LogP contribution in [0.4, 0.5) is 0 Å². The van der Waals surface area contributed by atoms with Crippen molar-refractivity contribution in [3.63, 3.8) is 0 Å². The summed E-state index contributed by atoms with van der Waals surface area (Å²) in [6.07, 6.45) is 6.99. The van der Waals surface area contributed by atoms with Crippen molar-refractivity contribution in [2.75, 3.05) is 40.5 Å². The molecule has 21 heavy (non-hydrogen) atoms. The van der Waals surface area contributed by atoms with E-state index < -0.39 is 0 Å². The monoisotopic (exact) mass is 298 g/mol. The zero-order valence-corrected chi connectivity index (χ0v) is 14.4. The number of rotatable bonds is 6. The first-order valence-corrected chi connectivity index (χ1v) is 8.61. The van der Waals surface area contributed by atoms with Crippen molar-refractivity contribution in [1.29, 1.82) is 0 Å². The zero-order valence-electron chi connectivity index (χ0n) is 14.4. The fourth-order valence-electron chi connectivity index (χ4n) is 4.08. The first kappa shape index (κ1) is 17.2. The topological polar surface area (TPSA) is 33.7 Å². The molecule has 2 atom stereocenters. The molecule has 1 saturated heterocycles. The number of nitrogens with one attached hydrogen (secondary N) is 1. The predicted octanol–water partition coefficient (Wildman–Crippen LogP) is 2.28. The number of hydrogen-bond acceptors (Lipinski definition) is 4. The van der Waals surface area contributed by atoms with Gasteiger partial charge in [0.1, 0.15) is 0 Å². The molecule has 124 valence electrons. The average molecular weight is 298 g/mol. The second-order valence-corrected chi connectivity index (χ2v) is 7.28. The van der Waals surface area contributed by atoms with E-state index in [1.807, 2.05) is 0 Å². The summed E-state index contributed by atoms with van der Waals surface area (Å²) in [4.78, 5) is 2.67. The maximum Gasteiger partial charge on any atom is 0.0931 e. The van der Waals surface area contributed by atoms with Crippen LogP contribution in [0.15, 0.2) is 0 Å². The molecule has 2 rings (SSSR count). The highest BCUT2D eigenvalue weighted by molar-refractivity contribution is 5.00. The zero-order chi connectivity index (χ0) is 15.3. The van der Waals surface area contributed by atoms with E-state index in [4.69, 9.17) is 9.47 Å². The molecule has 1 saturated carbocycles. The third kappa shape index (κ3) is 4.41. The number of piperazine rings is 1. The molecular formula is C17H34N2O2. The molecule has 2 aliphatic rings. The molecule has 1 spiro atoms. The Balaban J connectivity index is 2.03. The van der Waals surface area contributed by atoms with Gasteiger partial charge in [-0.1, -0.05) is 33.1 Å². The van der Waals surface area contributed by atoms with Crippen molar-refractivity contribution in [3.8, 4) is 0 Å². The lowest BCUT2D eigenvalue weighted by Crippen LogP contribution is -2.66. The maximum atomic E-state index is 5.61. The Kier molecular flexibility index (Phi) is 6.48. The van der Waals surface area contributed by atoms with Crippen LogP contribution in [0, 0.1) is 5.92 Å². The van der Waals surface area contributed by atoms with Crippen LogP contribution in [0.2, 0.25) is 0 Å². The molecule has 2 unspecified atom stereocenters. The molecule has 1 aliphatic carbocycles. The van der Waals surface area contributed by atoms with E-state index in [9.17, 15) is 0 Å². The van der Waals surface area contributed by atoms with E-state index in [0.29, 0.717) is 24.1 Å². The number of nitrogens with zero attached hydrogens (tertiary/aromatic N) is 1. The Labute approximate surface area is 130 Å². The van der Waals surface area contributed by atoms with E-state index >= 15 is 0 Å². The minimum Gasteiger partial charge on any atom is -0.382 e. The first-order chi connectivity index (χ1) is 10.1. The van der Waals surface area contributed by atoms with Crippen LogP contribution in [0.5, 0.6) is 0 Å². The molecule has 1 heterocycles. The highest BCUT2D eigenvalue weighted by atomic mass is 16.5. The maximum absolute atomic E-state index is 5.61. The SMILES string of the molecule is COCC(CN1CC2(CCCCC2)NCC1C(C)C)OC. The summed E-state index contributed by atoms with van der Waals surface area (Å²) in [6, 6.07) is 0.604. The van der Waals surface area contributed by atoms with Crippen molar-refractivity contribution in [1.82, 2.24) is 10.2 Å². The molecule has 4 nitrogen and oxygen atoms in total. The third-order valence-corrected chi connectivity index (χ3v) is 5.37. The normalized spacial score (nSPS) is 28.1. The number of ether oxygens (including phenoxy) is 2. The van der Waals surface area contributed by atoms with Crippen LogP contribution in [-0.2, 0) is 9.47 Å². The standard InChI is InChI=1S/C17H34N2O2/c1-14(2)16-10-18-17(8-6-5-7-9-17)13-19(16)11-15(21-4)12-20-3/h14-16,18H,5-13H2,1-4H3. The first-order valence-electron chi connectivity index (χ1n) is 8.61. The van der Waals surface area contributed by atoms with Crippen molar-refractivity contribution in [3.05, 3.63) is 0 Å². The molecule has 0 radical (unpaired) electrons. The van der Waals surface area contributed by atoms with Gasteiger partial charge in [0.15, 0.2) is 0 Å². The molecule has 0 aromatic rings. The number of hydrogen-bond donors (Lipinski definition) is 1. The van der Waals surface area contributed by atoms with E-state index in [1.165, 1.54) is 38.6 Å². The van der Waals surface area contributed by atoms with Crippen LogP contribution >= 0.6 is 0 Å². The van der Waals surface area contributed by atoms with Gasteiger partial charge < -0.3 is 14.8 Å². The summed E-state index contributed by atoms with van der Waals surface area (Å²) in [6.45, 7) is 8.60. The number of methoxy groups -OCH3 is 2. The molecule has 2 fully saturated rings. The lowest BCUT2D eigenvalue weighted by atomic mass is 9.78. The highest BCUT2D eigenvalue weighted by Gasteiger charge is 2.41. The van der Waals surface area contributed by atoms with Gasteiger partial charge in [0, 0.05) is 45.4 Å². The van der Waals surface area contributed by atoms with Gasteiger partial charge in [-0.15, -0.1) is 0 Å². The minimum atomic E-state index is 0.176.